The molecule has 35 heavy (non-hydrogen) atoms. The van der Waals surface area contributed by atoms with Gasteiger partial charge in [0.05, 0.1) is 29.6 Å². The normalized spacial score (nSPS) is 24.1. The van der Waals surface area contributed by atoms with Crippen LogP contribution in [0, 0.1) is 0 Å². The van der Waals surface area contributed by atoms with E-state index in [0.717, 1.165) is 51.6 Å². The maximum Gasteiger partial charge on any atom is 0.328 e. The molecule has 2 aliphatic heterocycles. The summed E-state index contributed by atoms with van der Waals surface area (Å²) >= 11 is 5.90. The molecular formula is C25H29ClN4O5. The fourth-order valence-corrected chi connectivity index (χ4v) is 5.23. The summed E-state index contributed by atoms with van der Waals surface area (Å²) in [5.74, 6) is -1.72. The molecule has 2 N–H and O–H groups in total. The first-order valence-corrected chi connectivity index (χ1v) is 12.1. The SMILES string of the molecule is Clc1cnc(N2CCN(C3CCC4(CC3)OCc3ccccc34)CC2)nc1.O=C(O)/C=C\C(=O)O. The highest BCUT2D eigenvalue weighted by Gasteiger charge is 2.43. The van der Waals surface area contributed by atoms with E-state index >= 15 is 0 Å². The molecule has 9 nitrogen and oxygen atoms in total. The molecule has 1 aliphatic carbocycles. The minimum atomic E-state index is -1.26. The predicted molar refractivity (Wildman–Crippen MR) is 130 cm³/mol. The molecular weight excluding hydrogens is 472 g/mol. The van der Waals surface area contributed by atoms with Crippen LogP contribution in [0.4, 0.5) is 5.95 Å². The maximum atomic E-state index is 9.55. The van der Waals surface area contributed by atoms with E-state index in [1.165, 1.54) is 24.0 Å². The first-order chi connectivity index (χ1) is 16.9. The Balaban J connectivity index is 0.000000314. The molecule has 0 radical (unpaired) electrons. The molecule has 0 bridgehead atoms. The van der Waals surface area contributed by atoms with Crippen molar-refractivity contribution in [3.63, 3.8) is 0 Å². The van der Waals surface area contributed by atoms with Crippen molar-refractivity contribution < 1.29 is 24.5 Å². The van der Waals surface area contributed by atoms with E-state index in [-0.39, 0.29) is 5.60 Å². The second-order valence-corrected chi connectivity index (χ2v) is 9.34. The highest BCUT2D eigenvalue weighted by Crippen LogP contribution is 2.47. The topological polar surface area (TPSA) is 116 Å². The van der Waals surface area contributed by atoms with Crippen LogP contribution in [0.3, 0.4) is 0 Å². The average Bonchev–Trinajstić information content (AvgIpc) is 3.22. The van der Waals surface area contributed by atoms with Crippen LogP contribution >= 0.6 is 11.6 Å². The zero-order valence-corrected chi connectivity index (χ0v) is 20.1. The second kappa shape index (κ2) is 11.2. The number of halogens is 1. The summed E-state index contributed by atoms with van der Waals surface area (Å²) in [5.41, 5.74) is 2.80. The van der Waals surface area contributed by atoms with Gasteiger partial charge in [-0.2, -0.15) is 0 Å². The van der Waals surface area contributed by atoms with Gasteiger partial charge in [0.15, 0.2) is 0 Å². The van der Waals surface area contributed by atoms with Gasteiger partial charge >= 0.3 is 11.9 Å². The largest absolute Gasteiger partial charge is 0.478 e. The minimum absolute atomic E-state index is 0.0218. The number of nitrogens with zero attached hydrogens (tertiary/aromatic N) is 4. The lowest BCUT2D eigenvalue weighted by Crippen LogP contribution is -2.52. The van der Waals surface area contributed by atoms with Crippen molar-refractivity contribution in [2.75, 3.05) is 31.1 Å². The molecule has 1 saturated carbocycles. The van der Waals surface area contributed by atoms with E-state index < -0.39 is 11.9 Å². The molecule has 1 saturated heterocycles. The van der Waals surface area contributed by atoms with Gasteiger partial charge in [-0.15, -0.1) is 0 Å². The molecule has 0 amide bonds. The fraction of sp³-hybridized carbons (Fsp3) is 0.440. The van der Waals surface area contributed by atoms with Crippen molar-refractivity contribution in [3.8, 4) is 0 Å². The summed E-state index contributed by atoms with van der Waals surface area (Å²) in [6.45, 7) is 4.87. The van der Waals surface area contributed by atoms with Gasteiger partial charge < -0.3 is 19.8 Å². The standard InChI is InChI=1S/C21H25ClN4O.C4H4O4/c22-17-13-23-20(24-14-17)26-11-9-25(10-12-26)18-5-7-21(8-6-18)19-4-2-1-3-16(19)15-27-21;5-3(6)1-2-4(7)8/h1-4,13-14,18H,5-12,15H2;1-2H,(H,5,6)(H,7,8)/b;2-1-. The second-order valence-electron chi connectivity index (χ2n) is 8.91. The summed E-state index contributed by atoms with van der Waals surface area (Å²) in [7, 11) is 0. The predicted octanol–water partition coefficient (Wildman–Crippen LogP) is 3.33. The third-order valence-corrected chi connectivity index (χ3v) is 7.06. The number of hydrogen-bond acceptors (Lipinski definition) is 7. The number of aliphatic carboxylic acids is 2. The molecule has 2 aromatic rings. The van der Waals surface area contributed by atoms with E-state index in [1.54, 1.807) is 12.4 Å². The van der Waals surface area contributed by atoms with Crippen LogP contribution in [-0.2, 0) is 26.5 Å². The molecule has 0 atom stereocenters. The third-order valence-electron chi connectivity index (χ3n) is 6.86. The lowest BCUT2D eigenvalue weighted by Gasteiger charge is -2.44. The van der Waals surface area contributed by atoms with Crippen molar-refractivity contribution in [2.24, 2.45) is 0 Å². The van der Waals surface area contributed by atoms with E-state index in [4.69, 9.17) is 26.6 Å². The Hall–Kier alpha value is -3.01. The number of ether oxygens (including phenoxy) is 1. The smallest absolute Gasteiger partial charge is 0.328 e. The molecule has 1 aromatic heterocycles. The Kier molecular flexibility index (Phi) is 8.00. The van der Waals surface area contributed by atoms with Crippen molar-refractivity contribution in [1.29, 1.82) is 0 Å². The average molecular weight is 501 g/mol. The van der Waals surface area contributed by atoms with Crippen LogP contribution in [0.5, 0.6) is 0 Å². The van der Waals surface area contributed by atoms with Gasteiger partial charge in [0, 0.05) is 44.4 Å². The molecule has 0 unspecified atom stereocenters. The molecule has 10 heteroatoms. The molecule has 1 aromatic carbocycles. The first kappa shape index (κ1) is 25.1. The Morgan fingerprint density at radius 2 is 1.60 bits per heavy atom. The highest BCUT2D eigenvalue weighted by molar-refractivity contribution is 6.30. The first-order valence-electron chi connectivity index (χ1n) is 11.7. The zero-order chi connectivity index (χ0) is 24.8. The number of carboxylic acids is 2. The van der Waals surface area contributed by atoms with E-state index in [0.29, 0.717) is 23.2 Å². The van der Waals surface area contributed by atoms with Crippen LogP contribution in [0.25, 0.3) is 0 Å². The van der Waals surface area contributed by atoms with Gasteiger partial charge in [-0.3, -0.25) is 4.90 Å². The van der Waals surface area contributed by atoms with Crippen molar-refractivity contribution in [1.82, 2.24) is 14.9 Å². The van der Waals surface area contributed by atoms with Crippen LogP contribution < -0.4 is 4.90 Å². The lowest BCUT2D eigenvalue weighted by atomic mass is 9.77. The van der Waals surface area contributed by atoms with E-state index in [2.05, 4.69) is 44.0 Å². The van der Waals surface area contributed by atoms with Gasteiger partial charge in [0.25, 0.3) is 0 Å². The summed E-state index contributed by atoms with van der Waals surface area (Å²) in [6, 6.07) is 9.43. The van der Waals surface area contributed by atoms with Gasteiger partial charge in [-0.05, 0) is 36.8 Å². The Labute approximate surface area is 209 Å². The van der Waals surface area contributed by atoms with Gasteiger partial charge in [0.2, 0.25) is 5.95 Å². The number of hydrogen-bond donors (Lipinski definition) is 2. The minimum Gasteiger partial charge on any atom is -0.478 e. The summed E-state index contributed by atoms with van der Waals surface area (Å²) in [6.07, 6.45) is 9.17. The summed E-state index contributed by atoms with van der Waals surface area (Å²) < 4.78 is 6.32. The number of aromatic nitrogens is 2. The number of benzene rings is 1. The zero-order valence-electron chi connectivity index (χ0n) is 19.3. The Bertz CT molecular complexity index is 1050. The fourth-order valence-electron chi connectivity index (χ4n) is 5.13. The van der Waals surface area contributed by atoms with Crippen LogP contribution in [-0.4, -0.2) is 69.2 Å². The molecule has 3 aliphatic rings. The quantitative estimate of drug-likeness (QED) is 0.609. The molecule has 5 rings (SSSR count). The molecule has 2 fully saturated rings. The number of anilines is 1. The van der Waals surface area contributed by atoms with Crippen LogP contribution in [0.1, 0.15) is 36.8 Å². The monoisotopic (exact) mass is 500 g/mol. The number of carbonyl (C=O) groups is 2. The van der Waals surface area contributed by atoms with E-state index in [9.17, 15) is 9.59 Å². The van der Waals surface area contributed by atoms with Gasteiger partial charge in [-0.25, -0.2) is 19.6 Å². The number of fused-ring (bicyclic) bond motifs is 2. The van der Waals surface area contributed by atoms with Crippen molar-refractivity contribution >= 4 is 29.5 Å². The van der Waals surface area contributed by atoms with E-state index in [1.807, 2.05) is 0 Å². The number of carboxylic acid groups (broad SMARTS) is 2. The number of rotatable bonds is 4. The van der Waals surface area contributed by atoms with Crippen LogP contribution in [0.2, 0.25) is 5.02 Å². The summed E-state index contributed by atoms with van der Waals surface area (Å²) in [4.78, 5) is 32.7. The maximum absolute atomic E-state index is 9.55. The third kappa shape index (κ3) is 6.17. The number of piperazine rings is 1. The molecule has 3 heterocycles. The van der Waals surface area contributed by atoms with Crippen LogP contribution in [0.15, 0.2) is 48.8 Å². The Morgan fingerprint density at radius 3 is 2.20 bits per heavy atom. The Morgan fingerprint density at radius 1 is 1.00 bits per heavy atom. The van der Waals surface area contributed by atoms with Gasteiger partial charge in [-0.1, -0.05) is 35.9 Å². The molecule has 186 valence electrons. The van der Waals surface area contributed by atoms with Crippen molar-refractivity contribution in [2.45, 2.75) is 43.9 Å². The lowest BCUT2D eigenvalue weighted by molar-refractivity contribution is -0.134. The summed E-state index contributed by atoms with van der Waals surface area (Å²) in [5, 5.41) is 16.2. The highest BCUT2D eigenvalue weighted by atomic mass is 35.5. The van der Waals surface area contributed by atoms with Gasteiger partial charge in [0.1, 0.15) is 0 Å². The molecule has 1 spiro atoms. The van der Waals surface area contributed by atoms with Crippen molar-refractivity contribution in [3.05, 3.63) is 65.0 Å².